The van der Waals surface area contributed by atoms with Crippen molar-refractivity contribution in [3.8, 4) is 0 Å². The lowest BCUT2D eigenvalue weighted by Crippen LogP contribution is -2.46. The zero-order valence-electron chi connectivity index (χ0n) is 11.4. The van der Waals surface area contributed by atoms with Crippen LogP contribution in [0, 0.1) is 11.6 Å². The molecule has 0 radical (unpaired) electrons. The molecule has 1 aliphatic carbocycles. The first-order valence-electron chi connectivity index (χ1n) is 7.06. The van der Waals surface area contributed by atoms with Gasteiger partial charge in [-0.2, -0.15) is 0 Å². The summed E-state index contributed by atoms with van der Waals surface area (Å²) < 4.78 is 27.2. The molecular weight excluding hydrogens is 262 g/mol. The van der Waals surface area contributed by atoms with Crippen molar-refractivity contribution >= 4 is 5.91 Å². The second-order valence-electron chi connectivity index (χ2n) is 5.19. The molecule has 0 aliphatic heterocycles. The number of nitrogens with two attached hydrogens (primary N) is 1. The van der Waals surface area contributed by atoms with Crippen LogP contribution in [0.3, 0.4) is 0 Å². The van der Waals surface area contributed by atoms with Crippen LogP contribution in [0.5, 0.6) is 0 Å². The topological polar surface area (TPSA) is 46.3 Å². The van der Waals surface area contributed by atoms with Crippen LogP contribution in [0.15, 0.2) is 18.2 Å². The normalized spacial score (nSPS) is 14.9. The molecule has 1 aromatic carbocycles. The van der Waals surface area contributed by atoms with Gasteiger partial charge in [-0.3, -0.25) is 4.79 Å². The molecule has 3 nitrogen and oxygen atoms in total. The van der Waals surface area contributed by atoms with Crippen molar-refractivity contribution in [2.24, 2.45) is 5.73 Å². The lowest BCUT2D eigenvalue weighted by molar-refractivity contribution is -0.134. The zero-order valence-corrected chi connectivity index (χ0v) is 11.4. The molecule has 0 saturated heterocycles. The van der Waals surface area contributed by atoms with Gasteiger partial charge in [0.05, 0.1) is 6.42 Å². The third-order valence-electron chi connectivity index (χ3n) is 3.83. The molecule has 0 heterocycles. The first-order valence-corrected chi connectivity index (χ1v) is 7.06. The summed E-state index contributed by atoms with van der Waals surface area (Å²) in [4.78, 5) is 14.0. The average Bonchev–Trinajstić information content (AvgIpc) is 2.36. The number of rotatable bonds is 6. The summed E-state index contributed by atoms with van der Waals surface area (Å²) in [6.45, 7) is 1.07. The van der Waals surface area contributed by atoms with Crippen molar-refractivity contribution in [3.05, 3.63) is 35.4 Å². The Morgan fingerprint density at radius 3 is 2.45 bits per heavy atom. The number of nitrogens with zero attached hydrogens (tertiary/aromatic N) is 1. The van der Waals surface area contributed by atoms with E-state index in [-0.39, 0.29) is 23.9 Å². The van der Waals surface area contributed by atoms with Crippen molar-refractivity contribution in [1.82, 2.24) is 4.90 Å². The minimum atomic E-state index is -0.661. The van der Waals surface area contributed by atoms with Gasteiger partial charge in [0.15, 0.2) is 0 Å². The minimum absolute atomic E-state index is 0.144. The number of hydrogen-bond donors (Lipinski definition) is 1. The summed E-state index contributed by atoms with van der Waals surface area (Å²) in [5.74, 6) is -1.54. The Bertz CT molecular complexity index is 455. The van der Waals surface area contributed by atoms with Gasteiger partial charge < -0.3 is 10.6 Å². The van der Waals surface area contributed by atoms with Gasteiger partial charge in [-0.05, 0) is 44.4 Å². The van der Waals surface area contributed by atoms with Crippen LogP contribution in [0.4, 0.5) is 8.78 Å². The molecular formula is C15H20F2N2O. The highest BCUT2D eigenvalue weighted by atomic mass is 19.1. The predicted molar refractivity (Wildman–Crippen MR) is 73.1 cm³/mol. The maximum absolute atomic E-state index is 13.6. The molecule has 0 spiro atoms. The third-order valence-corrected chi connectivity index (χ3v) is 3.83. The van der Waals surface area contributed by atoms with E-state index in [1.807, 2.05) is 0 Å². The van der Waals surface area contributed by atoms with E-state index in [1.54, 1.807) is 4.90 Å². The molecule has 20 heavy (non-hydrogen) atoms. The number of carbonyl (C=O) groups excluding carboxylic acids is 1. The highest BCUT2D eigenvalue weighted by molar-refractivity contribution is 5.79. The molecule has 0 unspecified atom stereocenters. The van der Waals surface area contributed by atoms with Crippen molar-refractivity contribution in [2.45, 2.75) is 38.1 Å². The molecule has 0 bridgehead atoms. The second kappa shape index (κ2) is 6.79. The molecule has 1 aliphatic rings. The molecule has 1 saturated carbocycles. The van der Waals surface area contributed by atoms with Crippen LogP contribution >= 0.6 is 0 Å². The van der Waals surface area contributed by atoms with E-state index in [2.05, 4.69) is 0 Å². The first-order chi connectivity index (χ1) is 9.63. The zero-order chi connectivity index (χ0) is 14.5. The molecule has 0 atom stereocenters. The Morgan fingerprint density at radius 2 is 1.95 bits per heavy atom. The lowest BCUT2D eigenvalue weighted by Gasteiger charge is -2.37. The van der Waals surface area contributed by atoms with E-state index >= 15 is 0 Å². The van der Waals surface area contributed by atoms with Gasteiger partial charge in [0.25, 0.3) is 0 Å². The van der Waals surface area contributed by atoms with E-state index in [0.717, 1.165) is 19.3 Å². The van der Waals surface area contributed by atoms with Crippen LogP contribution in [0.1, 0.15) is 31.2 Å². The quantitative estimate of drug-likeness (QED) is 0.869. The van der Waals surface area contributed by atoms with Gasteiger partial charge in [0, 0.05) is 18.2 Å². The number of hydrogen-bond acceptors (Lipinski definition) is 2. The molecule has 2 rings (SSSR count). The van der Waals surface area contributed by atoms with Gasteiger partial charge in [-0.15, -0.1) is 0 Å². The largest absolute Gasteiger partial charge is 0.339 e. The molecule has 5 heteroatoms. The monoisotopic (exact) mass is 282 g/mol. The molecule has 2 N–H and O–H groups in total. The summed E-state index contributed by atoms with van der Waals surface area (Å²) >= 11 is 0. The van der Waals surface area contributed by atoms with E-state index in [0.29, 0.717) is 19.5 Å². The predicted octanol–water partition coefficient (Wildman–Crippen LogP) is 2.24. The Labute approximate surface area is 117 Å². The van der Waals surface area contributed by atoms with Crippen LogP contribution in [0.25, 0.3) is 0 Å². The smallest absolute Gasteiger partial charge is 0.227 e. The Balaban J connectivity index is 2.07. The van der Waals surface area contributed by atoms with Crippen molar-refractivity contribution < 1.29 is 13.6 Å². The highest BCUT2D eigenvalue weighted by Crippen LogP contribution is 2.26. The fourth-order valence-corrected chi connectivity index (χ4v) is 2.42. The second-order valence-corrected chi connectivity index (χ2v) is 5.19. The van der Waals surface area contributed by atoms with Crippen LogP contribution < -0.4 is 5.73 Å². The average molecular weight is 282 g/mol. The first kappa shape index (κ1) is 14.9. The van der Waals surface area contributed by atoms with Gasteiger partial charge in [0.1, 0.15) is 11.6 Å². The molecule has 110 valence electrons. The summed E-state index contributed by atoms with van der Waals surface area (Å²) in [5, 5.41) is 0. The van der Waals surface area contributed by atoms with Gasteiger partial charge in [0.2, 0.25) is 5.91 Å². The van der Waals surface area contributed by atoms with Crippen molar-refractivity contribution in [3.63, 3.8) is 0 Å². The SMILES string of the molecule is NCCCN(C(=O)Cc1c(F)cccc1F)C1CCC1. The molecule has 1 aromatic rings. The number of amides is 1. The summed E-state index contributed by atoms with van der Waals surface area (Å²) in [5.41, 5.74) is 5.34. The Morgan fingerprint density at radius 1 is 1.30 bits per heavy atom. The number of carbonyl (C=O) groups is 1. The van der Waals surface area contributed by atoms with Crippen LogP contribution in [-0.2, 0) is 11.2 Å². The molecule has 1 fully saturated rings. The third kappa shape index (κ3) is 3.33. The maximum Gasteiger partial charge on any atom is 0.227 e. The fourth-order valence-electron chi connectivity index (χ4n) is 2.42. The van der Waals surface area contributed by atoms with Crippen LogP contribution in [-0.4, -0.2) is 29.9 Å². The van der Waals surface area contributed by atoms with Gasteiger partial charge in [-0.1, -0.05) is 6.07 Å². The van der Waals surface area contributed by atoms with E-state index < -0.39 is 11.6 Å². The Hall–Kier alpha value is -1.49. The lowest BCUT2D eigenvalue weighted by atomic mass is 9.90. The highest BCUT2D eigenvalue weighted by Gasteiger charge is 2.29. The van der Waals surface area contributed by atoms with Gasteiger partial charge >= 0.3 is 0 Å². The maximum atomic E-state index is 13.6. The van der Waals surface area contributed by atoms with E-state index in [9.17, 15) is 13.6 Å². The van der Waals surface area contributed by atoms with Crippen LogP contribution in [0.2, 0.25) is 0 Å². The minimum Gasteiger partial charge on any atom is -0.339 e. The number of halogens is 2. The van der Waals surface area contributed by atoms with Crippen molar-refractivity contribution in [1.29, 1.82) is 0 Å². The van der Waals surface area contributed by atoms with E-state index in [4.69, 9.17) is 5.73 Å². The fraction of sp³-hybridized carbons (Fsp3) is 0.533. The van der Waals surface area contributed by atoms with Gasteiger partial charge in [-0.25, -0.2) is 8.78 Å². The molecule has 1 amide bonds. The number of benzene rings is 1. The van der Waals surface area contributed by atoms with Crippen molar-refractivity contribution in [2.75, 3.05) is 13.1 Å². The van der Waals surface area contributed by atoms with E-state index in [1.165, 1.54) is 18.2 Å². The molecule has 0 aromatic heterocycles. The summed E-state index contributed by atoms with van der Waals surface area (Å²) in [7, 11) is 0. The standard InChI is InChI=1S/C15H20F2N2O/c16-13-6-2-7-14(17)12(13)10-15(20)19(9-3-8-18)11-4-1-5-11/h2,6-7,11H,1,3-5,8-10,18H2. The summed E-state index contributed by atoms with van der Waals surface area (Å²) in [6, 6.07) is 3.87. The summed E-state index contributed by atoms with van der Waals surface area (Å²) in [6.07, 6.45) is 3.53. The Kier molecular flexibility index (Phi) is 5.06.